The van der Waals surface area contributed by atoms with Gasteiger partial charge >= 0.3 is 6.01 Å². The Balaban J connectivity index is 2.22. The van der Waals surface area contributed by atoms with Gasteiger partial charge in [0.1, 0.15) is 17.5 Å². The van der Waals surface area contributed by atoms with Crippen molar-refractivity contribution in [3.63, 3.8) is 0 Å². The normalized spacial score (nSPS) is 10.7. The average Bonchev–Trinajstić information content (AvgIpc) is 2.65. The topological polar surface area (TPSA) is 100 Å². The van der Waals surface area contributed by atoms with Crippen LogP contribution in [0.1, 0.15) is 5.56 Å². The summed E-state index contributed by atoms with van der Waals surface area (Å²) >= 11 is 0. The molecule has 0 saturated carbocycles. The minimum Gasteiger partial charge on any atom is -0.481 e. The number of hydrogen-bond donors (Lipinski definition) is 1. The third kappa shape index (κ3) is 4.70. The summed E-state index contributed by atoms with van der Waals surface area (Å²) in [7, 11) is 6.70. The number of ether oxygens (including phenoxy) is 2. The number of aromatic nitrogens is 2. The lowest BCUT2D eigenvalue weighted by Crippen LogP contribution is -2.15. The maximum atomic E-state index is 12.4. The number of carbonyl (C=O) groups is 1. The molecule has 0 aliphatic carbocycles. The van der Waals surface area contributed by atoms with Crippen LogP contribution in [0.25, 0.3) is 6.08 Å². The van der Waals surface area contributed by atoms with E-state index >= 15 is 0 Å². The fraction of sp³-hybridized carbons (Fsp3) is 0.222. The van der Waals surface area contributed by atoms with Gasteiger partial charge in [0.25, 0.3) is 5.91 Å². The molecule has 1 heterocycles. The Bertz CT molecular complexity index is 832. The third-order valence-electron chi connectivity index (χ3n) is 3.40. The first kappa shape index (κ1) is 18.7. The second-order valence-electron chi connectivity index (χ2n) is 5.39. The summed E-state index contributed by atoms with van der Waals surface area (Å²) in [4.78, 5) is 22.3. The Morgan fingerprint density at radius 1 is 1.19 bits per heavy atom. The standard InChI is InChI=1S/C18H19N5O3/c1-23(2)14-7-5-12(6-8-14)9-13(11-19)17(24)20-15-10-16(25-3)22-18(21-15)26-4/h5-10H,1-4H3,(H,20,21,22,24). The molecule has 0 atom stereocenters. The molecule has 1 N–H and O–H groups in total. The van der Waals surface area contributed by atoms with Gasteiger partial charge < -0.3 is 19.7 Å². The van der Waals surface area contributed by atoms with Crippen LogP contribution in [0.2, 0.25) is 0 Å². The summed E-state index contributed by atoms with van der Waals surface area (Å²) in [6.45, 7) is 0. The number of carbonyl (C=O) groups excluding carboxylic acids is 1. The minimum atomic E-state index is -0.591. The van der Waals surface area contributed by atoms with Crippen molar-refractivity contribution in [2.75, 3.05) is 38.5 Å². The maximum Gasteiger partial charge on any atom is 0.321 e. The highest BCUT2D eigenvalue weighted by molar-refractivity contribution is 6.09. The van der Waals surface area contributed by atoms with Gasteiger partial charge in [0.05, 0.1) is 14.2 Å². The quantitative estimate of drug-likeness (QED) is 0.627. The minimum absolute atomic E-state index is 0.0430. The van der Waals surface area contributed by atoms with Crippen molar-refractivity contribution in [2.24, 2.45) is 0 Å². The molecule has 2 rings (SSSR count). The summed E-state index contributed by atoms with van der Waals surface area (Å²) in [5.74, 6) is -0.191. The summed E-state index contributed by atoms with van der Waals surface area (Å²) in [5, 5.41) is 11.9. The molecule has 1 aromatic heterocycles. The molecule has 8 heteroatoms. The first-order chi connectivity index (χ1) is 12.5. The van der Waals surface area contributed by atoms with Gasteiger partial charge in [-0.1, -0.05) is 12.1 Å². The summed E-state index contributed by atoms with van der Waals surface area (Å²) in [6, 6.07) is 10.8. The van der Waals surface area contributed by atoms with Crippen molar-refractivity contribution in [1.29, 1.82) is 5.26 Å². The third-order valence-corrected chi connectivity index (χ3v) is 3.40. The smallest absolute Gasteiger partial charge is 0.321 e. The molecule has 1 amide bonds. The van der Waals surface area contributed by atoms with Crippen molar-refractivity contribution >= 4 is 23.5 Å². The Morgan fingerprint density at radius 3 is 2.42 bits per heavy atom. The van der Waals surface area contributed by atoms with Crippen molar-refractivity contribution in [2.45, 2.75) is 0 Å². The summed E-state index contributed by atoms with van der Waals surface area (Å²) in [6.07, 6.45) is 1.50. The van der Waals surface area contributed by atoms with Gasteiger partial charge in [-0.3, -0.25) is 4.79 Å². The van der Waals surface area contributed by atoms with E-state index in [1.165, 1.54) is 26.4 Å². The number of nitriles is 1. The van der Waals surface area contributed by atoms with Crippen molar-refractivity contribution in [3.05, 3.63) is 41.5 Å². The Hall–Kier alpha value is -3.60. The zero-order valence-electron chi connectivity index (χ0n) is 15.0. The van der Waals surface area contributed by atoms with Crippen LogP contribution < -0.4 is 19.7 Å². The fourth-order valence-electron chi connectivity index (χ4n) is 2.03. The Kier molecular flexibility index (Phi) is 6.11. The lowest BCUT2D eigenvalue weighted by Gasteiger charge is -2.12. The highest BCUT2D eigenvalue weighted by atomic mass is 16.5. The lowest BCUT2D eigenvalue weighted by molar-refractivity contribution is -0.112. The van der Waals surface area contributed by atoms with E-state index in [0.717, 1.165) is 11.3 Å². The van der Waals surface area contributed by atoms with Crippen LogP contribution in [-0.2, 0) is 4.79 Å². The lowest BCUT2D eigenvalue weighted by atomic mass is 10.1. The van der Waals surface area contributed by atoms with Crippen LogP contribution in [0.15, 0.2) is 35.9 Å². The highest BCUT2D eigenvalue weighted by Gasteiger charge is 2.13. The van der Waals surface area contributed by atoms with Gasteiger partial charge in [-0.2, -0.15) is 15.2 Å². The molecule has 0 radical (unpaired) electrons. The van der Waals surface area contributed by atoms with Gasteiger partial charge in [-0.15, -0.1) is 0 Å². The van der Waals surface area contributed by atoms with Gasteiger partial charge in [-0.25, -0.2) is 0 Å². The predicted octanol–water partition coefficient (Wildman–Crippen LogP) is 2.11. The van der Waals surface area contributed by atoms with Crippen LogP contribution in [0.4, 0.5) is 11.5 Å². The van der Waals surface area contributed by atoms with E-state index in [-0.39, 0.29) is 23.3 Å². The molecule has 0 fully saturated rings. The van der Waals surface area contributed by atoms with Crippen LogP contribution in [0.3, 0.4) is 0 Å². The maximum absolute atomic E-state index is 12.4. The average molecular weight is 353 g/mol. The van der Waals surface area contributed by atoms with Gasteiger partial charge in [0.2, 0.25) is 5.88 Å². The molecule has 0 bridgehead atoms. The van der Waals surface area contributed by atoms with E-state index in [0.29, 0.717) is 0 Å². The van der Waals surface area contributed by atoms with E-state index in [2.05, 4.69) is 15.3 Å². The van der Waals surface area contributed by atoms with Gasteiger partial charge in [0.15, 0.2) is 0 Å². The van der Waals surface area contributed by atoms with E-state index in [4.69, 9.17) is 9.47 Å². The van der Waals surface area contributed by atoms with Crippen LogP contribution >= 0.6 is 0 Å². The number of methoxy groups -OCH3 is 2. The molecule has 0 saturated heterocycles. The fourth-order valence-corrected chi connectivity index (χ4v) is 2.03. The molecule has 1 aromatic carbocycles. The number of benzene rings is 1. The largest absolute Gasteiger partial charge is 0.481 e. The van der Waals surface area contributed by atoms with Crippen LogP contribution in [-0.4, -0.2) is 44.2 Å². The highest BCUT2D eigenvalue weighted by Crippen LogP contribution is 2.18. The summed E-state index contributed by atoms with van der Waals surface area (Å²) in [5.41, 5.74) is 1.70. The molecule has 26 heavy (non-hydrogen) atoms. The van der Waals surface area contributed by atoms with E-state index in [1.54, 1.807) is 0 Å². The zero-order chi connectivity index (χ0) is 19.1. The van der Waals surface area contributed by atoms with Gasteiger partial charge in [0, 0.05) is 25.8 Å². The monoisotopic (exact) mass is 353 g/mol. The molecular formula is C18H19N5O3. The molecule has 8 nitrogen and oxygen atoms in total. The van der Waals surface area contributed by atoms with Crippen LogP contribution in [0.5, 0.6) is 11.9 Å². The van der Waals surface area contributed by atoms with Crippen LogP contribution in [0, 0.1) is 11.3 Å². The molecule has 134 valence electrons. The zero-order valence-corrected chi connectivity index (χ0v) is 15.0. The molecular weight excluding hydrogens is 334 g/mol. The number of anilines is 2. The first-order valence-corrected chi connectivity index (χ1v) is 7.64. The van der Waals surface area contributed by atoms with Crippen molar-refractivity contribution < 1.29 is 14.3 Å². The van der Waals surface area contributed by atoms with E-state index in [9.17, 15) is 10.1 Å². The second kappa shape index (κ2) is 8.48. The number of amides is 1. The Morgan fingerprint density at radius 2 is 1.88 bits per heavy atom. The summed E-state index contributed by atoms with van der Waals surface area (Å²) < 4.78 is 9.98. The number of rotatable bonds is 6. The number of nitrogens with one attached hydrogen (secondary N) is 1. The molecule has 0 spiro atoms. The molecule has 2 aromatic rings. The molecule has 0 unspecified atom stereocenters. The molecule has 0 aliphatic heterocycles. The molecule has 0 aliphatic rings. The number of hydrogen-bond acceptors (Lipinski definition) is 7. The van der Waals surface area contributed by atoms with E-state index in [1.807, 2.05) is 49.3 Å². The van der Waals surface area contributed by atoms with Crippen molar-refractivity contribution in [1.82, 2.24) is 9.97 Å². The first-order valence-electron chi connectivity index (χ1n) is 7.64. The number of nitrogens with zero attached hydrogens (tertiary/aromatic N) is 4. The Labute approximate surface area is 151 Å². The SMILES string of the molecule is COc1cc(NC(=O)C(C#N)=Cc2ccc(N(C)C)cc2)nc(OC)n1. The van der Waals surface area contributed by atoms with E-state index < -0.39 is 5.91 Å². The van der Waals surface area contributed by atoms with Crippen molar-refractivity contribution in [3.8, 4) is 18.0 Å². The second-order valence-corrected chi connectivity index (χ2v) is 5.39. The van der Waals surface area contributed by atoms with Gasteiger partial charge in [-0.05, 0) is 23.8 Å². The predicted molar refractivity (Wildman–Crippen MR) is 98.1 cm³/mol.